The minimum absolute atomic E-state index is 0.281. The summed E-state index contributed by atoms with van der Waals surface area (Å²) in [6, 6.07) is 4.51. The predicted molar refractivity (Wildman–Crippen MR) is 82.5 cm³/mol. The summed E-state index contributed by atoms with van der Waals surface area (Å²) < 4.78 is 17.5. The van der Waals surface area contributed by atoms with Gasteiger partial charge in [-0.15, -0.1) is 0 Å². The van der Waals surface area contributed by atoms with E-state index in [-0.39, 0.29) is 6.10 Å². The summed E-state index contributed by atoms with van der Waals surface area (Å²) in [6.45, 7) is 6.32. The van der Waals surface area contributed by atoms with Gasteiger partial charge in [-0.2, -0.15) is 0 Å². The zero-order chi connectivity index (χ0) is 14.5. The lowest BCUT2D eigenvalue weighted by Gasteiger charge is -2.17. The van der Waals surface area contributed by atoms with Crippen LogP contribution in [0, 0.1) is 0 Å². The van der Waals surface area contributed by atoms with Crippen LogP contribution >= 0.6 is 15.9 Å². The summed E-state index contributed by atoms with van der Waals surface area (Å²) in [5.74, 6) is 1.52. The molecule has 1 heterocycles. The zero-order valence-electron chi connectivity index (χ0n) is 12.2. The van der Waals surface area contributed by atoms with E-state index in [2.05, 4.69) is 34.2 Å². The molecule has 2 unspecified atom stereocenters. The van der Waals surface area contributed by atoms with E-state index in [1.807, 2.05) is 13.0 Å². The van der Waals surface area contributed by atoms with E-state index >= 15 is 0 Å². The molecular weight excluding hydrogens is 322 g/mol. The van der Waals surface area contributed by atoms with E-state index in [1.165, 1.54) is 0 Å². The molecule has 0 saturated carbocycles. The lowest BCUT2D eigenvalue weighted by molar-refractivity contribution is 0.113. The average Bonchev–Trinajstić information content (AvgIpc) is 2.84. The largest absolute Gasteiger partial charge is 0.493 e. The van der Waals surface area contributed by atoms with Crippen molar-refractivity contribution in [3.63, 3.8) is 0 Å². The van der Waals surface area contributed by atoms with Gasteiger partial charge in [0.1, 0.15) is 0 Å². The van der Waals surface area contributed by atoms with Gasteiger partial charge >= 0.3 is 0 Å². The standard InChI is InChI=1S/C15H22BrNO3/c1-4-19-15-12(16)7-11(8-14(15)18-3)9-17-13-5-6-20-10(13)2/h7-8,10,13,17H,4-6,9H2,1-3H3. The second-order valence-electron chi connectivity index (χ2n) is 4.89. The van der Waals surface area contributed by atoms with Gasteiger partial charge in [-0.3, -0.25) is 0 Å². The van der Waals surface area contributed by atoms with Crippen molar-refractivity contribution >= 4 is 15.9 Å². The van der Waals surface area contributed by atoms with Gasteiger partial charge < -0.3 is 19.5 Å². The van der Waals surface area contributed by atoms with Crippen molar-refractivity contribution < 1.29 is 14.2 Å². The van der Waals surface area contributed by atoms with E-state index in [9.17, 15) is 0 Å². The monoisotopic (exact) mass is 343 g/mol. The smallest absolute Gasteiger partial charge is 0.175 e. The van der Waals surface area contributed by atoms with Crippen molar-refractivity contribution in [2.24, 2.45) is 0 Å². The molecule has 1 aromatic carbocycles. The molecule has 20 heavy (non-hydrogen) atoms. The van der Waals surface area contributed by atoms with Crippen LogP contribution in [0.2, 0.25) is 0 Å². The second-order valence-corrected chi connectivity index (χ2v) is 5.75. The number of methoxy groups -OCH3 is 1. The van der Waals surface area contributed by atoms with Gasteiger partial charge in [-0.1, -0.05) is 0 Å². The van der Waals surface area contributed by atoms with Crippen LogP contribution < -0.4 is 14.8 Å². The number of hydrogen-bond acceptors (Lipinski definition) is 4. The molecule has 0 spiro atoms. The number of halogens is 1. The Hall–Kier alpha value is -0.780. The van der Waals surface area contributed by atoms with E-state index in [4.69, 9.17) is 14.2 Å². The van der Waals surface area contributed by atoms with Crippen LogP contribution in [0.3, 0.4) is 0 Å². The summed E-state index contributed by atoms with van der Waals surface area (Å²) in [5, 5.41) is 3.54. The fourth-order valence-electron chi connectivity index (χ4n) is 2.41. The summed E-state index contributed by atoms with van der Waals surface area (Å²) in [4.78, 5) is 0. The first-order valence-corrected chi connectivity index (χ1v) is 7.79. The first-order valence-electron chi connectivity index (χ1n) is 7.00. The lowest BCUT2D eigenvalue weighted by Crippen LogP contribution is -2.34. The fraction of sp³-hybridized carbons (Fsp3) is 0.600. The Morgan fingerprint density at radius 1 is 1.45 bits per heavy atom. The van der Waals surface area contributed by atoms with Gasteiger partial charge in [-0.05, 0) is 53.9 Å². The summed E-state index contributed by atoms with van der Waals surface area (Å²) >= 11 is 3.55. The normalized spacial score (nSPS) is 22.0. The molecule has 1 N–H and O–H groups in total. The molecule has 5 heteroatoms. The number of ether oxygens (including phenoxy) is 3. The summed E-state index contributed by atoms with van der Waals surface area (Å²) in [7, 11) is 1.66. The highest BCUT2D eigenvalue weighted by molar-refractivity contribution is 9.10. The molecule has 1 aromatic rings. The molecule has 2 rings (SSSR count). The van der Waals surface area contributed by atoms with Crippen LogP contribution in [0.25, 0.3) is 0 Å². The quantitative estimate of drug-likeness (QED) is 0.861. The van der Waals surface area contributed by atoms with Crippen LogP contribution in [0.15, 0.2) is 16.6 Å². The van der Waals surface area contributed by atoms with E-state index < -0.39 is 0 Å². The van der Waals surface area contributed by atoms with E-state index in [1.54, 1.807) is 7.11 Å². The molecule has 4 nitrogen and oxygen atoms in total. The molecule has 1 aliphatic heterocycles. The SMILES string of the molecule is CCOc1c(Br)cc(CNC2CCOC2C)cc1OC. The maximum absolute atomic E-state index is 5.60. The Labute approximate surface area is 128 Å². The third-order valence-corrected chi connectivity index (χ3v) is 4.11. The molecule has 0 aromatic heterocycles. The van der Waals surface area contributed by atoms with E-state index in [0.29, 0.717) is 12.6 Å². The first-order chi connectivity index (χ1) is 9.65. The first kappa shape index (κ1) is 15.6. The van der Waals surface area contributed by atoms with Crippen molar-refractivity contribution in [2.45, 2.75) is 39.0 Å². The fourth-order valence-corrected chi connectivity index (χ4v) is 3.01. The number of hydrogen-bond donors (Lipinski definition) is 1. The summed E-state index contributed by atoms with van der Waals surface area (Å²) in [5.41, 5.74) is 1.16. The predicted octanol–water partition coefficient (Wildman–Crippen LogP) is 3.12. The van der Waals surface area contributed by atoms with Gasteiger partial charge in [0.05, 0.1) is 24.3 Å². The van der Waals surface area contributed by atoms with Crippen LogP contribution in [0.5, 0.6) is 11.5 Å². The average molecular weight is 344 g/mol. The highest BCUT2D eigenvalue weighted by Gasteiger charge is 2.23. The Kier molecular flexibility index (Phi) is 5.69. The van der Waals surface area contributed by atoms with Gasteiger partial charge in [0, 0.05) is 19.2 Å². The Balaban J connectivity index is 2.06. The van der Waals surface area contributed by atoms with E-state index in [0.717, 1.165) is 41.1 Å². The second kappa shape index (κ2) is 7.29. The molecule has 0 bridgehead atoms. The highest BCUT2D eigenvalue weighted by atomic mass is 79.9. The van der Waals surface area contributed by atoms with Crippen molar-refractivity contribution in [1.82, 2.24) is 5.32 Å². The van der Waals surface area contributed by atoms with Crippen molar-refractivity contribution in [1.29, 1.82) is 0 Å². The molecule has 1 fully saturated rings. The highest BCUT2D eigenvalue weighted by Crippen LogP contribution is 2.36. The lowest BCUT2D eigenvalue weighted by atomic mass is 10.1. The van der Waals surface area contributed by atoms with Crippen LogP contribution in [0.1, 0.15) is 25.8 Å². The van der Waals surface area contributed by atoms with Crippen LogP contribution in [-0.2, 0) is 11.3 Å². The molecule has 0 aliphatic carbocycles. The van der Waals surface area contributed by atoms with Gasteiger partial charge in [0.15, 0.2) is 11.5 Å². The molecule has 1 saturated heterocycles. The van der Waals surface area contributed by atoms with Gasteiger partial charge in [0.25, 0.3) is 0 Å². The Morgan fingerprint density at radius 3 is 2.85 bits per heavy atom. The topological polar surface area (TPSA) is 39.7 Å². The molecule has 0 amide bonds. The molecular formula is C15H22BrNO3. The third kappa shape index (κ3) is 3.65. The van der Waals surface area contributed by atoms with Gasteiger partial charge in [0.2, 0.25) is 0 Å². The maximum atomic E-state index is 5.60. The maximum Gasteiger partial charge on any atom is 0.175 e. The van der Waals surface area contributed by atoms with Crippen molar-refractivity contribution in [3.05, 3.63) is 22.2 Å². The third-order valence-electron chi connectivity index (χ3n) is 3.52. The zero-order valence-corrected chi connectivity index (χ0v) is 13.8. The molecule has 112 valence electrons. The van der Waals surface area contributed by atoms with Crippen LogP contribution in [-0.4, -0.2) is 32.5 Å². The molecule has 1 aliphatic rings. The molecule has 0 radical (unpaired) electrons. The minimum atomic E-state index is 0.281. The minimum Gasteiger partial charge on any atom is -0.493 e. The number of benzene rings is 1. The van der Waals surface area contributed by atoms with Crippen LogP contribution in [0.4, 0.5) is 0 Å². The Bertz CT molecular complexity index is 453. The van der Waals surface area contributed by atoms with Crippen molar-refractivity contribution in [2.75, 3.05) is 20.3 Å². The summed E-state index contributed by atoms with van der Waals surface area (Å²) in [6.07, 6.45) is 1.35. The van der Waals surface area contributed by atoms with Crippen molar-refractivity contribution in [3.8, 4) is 11.5 Å². The number of nitrogens with one attached hydrogen (secondary N) is 1. The van der Waals surface area contributed by atoms with Gasteiger partial charge in [-0.25, -0.2) is 0 Å². The number of rotatable bonds is 6. The molecule has 2 atom stereocenters. The Morgan fingerprint density at radius 2 is 2.25 bits per heavy atom.